The maximum Gasteiger partial charge on any atom is 0.180 e. The van der Waals surface area contributed by atoms with Crippen LogP contribution < -0.4 is 11.3 Å². The van der Waals surface area contributed by atoms with Gasteiger partial charge in [0.1, 0.15) is 11.5 Å². The van der Waals surface area contributed by atoms with Gasteiger partial charge in [-0.3, -0.25) is 4.98 Å². The van der Waals surface area contributed by atoms with Crippen LogP contribution in [-0.2, 0) is 0 Å². The van der Waals surface area contributed by atoms with E-state index in [1.807, 2.05) is 19.1 Å². The van der Waals surface area contributed by atoms with Crippen molar-refractivity contribution in [2.24, 2.45) is 5.84 Å². The number of pyridine rings is 1. The highest BCUT2D eigenvalue weighted by atomic mass is 15.3. The van der Waals surface area contributed by atoms with Crippen LogP contribution in [0.3, 0.4) is 0 Å². The molecule has 0 saturated carbocycles. The van der Waals surface area contributed by atoms with Crippen LogP contribution in [0.1, 0.15) is 5.56 Å². The molecule has 0 aliphatic rings. The van der Waals surface area contributed by atoms with Gasteiger partial charge in [-0.1, -0.05) is 6.07 Å². The summed E-state index contributed by atoms with van der Waals surface area (Å²) < 4.78 is 0. The van der Waals surface area contributed by atoms with E-state index in [4.69, 9.17) is 5.84 Å². The van der Waals surface area contributed by atoms with Gasteiger partial charge in [-0.15, -0.1) is 0 Å². The summed E-state index contributed by atoms with van der Waals surface area (Å²) in [5.74, 6) is 6.42. The van der Waals surface area contributed by atoms with Crippen LogP contribution in [-0.4, -0.2) is 15.0 Å². The second-order valence-electron chi connectivity index (χ2n) is 3.08. The van der Waals surface area contributed by atoms with E-state index in [1.54, 1.807) is 18.5 Å². The van der Waals surface area contributed by atoms with Gasteiger partial charge < -0.3 is 5.43 Å². The molecule has 0 radical (unpaired) electrons. The Balaban J connectivity index is 2.49. The van der Waals surface area contributed by atoms with E-state index in [2.05, 4.69) is 20.4 Å². The fourth-order valence-electron chi connectivity index (χ4n) is 1.27. The topological polar surface area (TPSA) is 76.7 Å². The zero-order valence-corrected chi connectivity index (χ0v) is 8.31. The highest BCUT2D eigenvalue weighted by Crippen LogP contribution is 2.16. The molecule has 5 nitrogen and oxygen atoms in total. The number of aromatic nitrogens is 3. The van der Waals surface area contributed by atoms with Gasteiger partial charge in [-0.05, 0) is 18.6 Å². The quantitative estimate of drug-likeness (QED) is 0.562. The van der Waals surface area contributed by atoms with E-state index in [-0.39, 0.29) is 0 Å². The molecule has 2 aromatic rings. The van der Waals surface area contributed by atoms with Crippen LogP contribution in [0.25, 0.3) is 11.5 Å². The van der Waals surface area contributed by atoms with Crippen molar-refractivity contribution in [2.75, 3.05) is 5.43 Å². The molecular weight excluding hydrogens is 190 g/mol. The minimum absolute atomic E-state index is 0.573. The monoisotopic (exact) mass is 201 g/mol. The number of anilines is 1. The Morgan fingerprint density at radius 2 is 2.07 bits per heavy atom. The summed E-state index contributed by atoms with van der Waals surface area (Å²) >= 11 is 0. The van der Waals surface area contributed by atoms with Gasteiger partial charge in [0, 0.05) is 18.5 Å². The highest BCUT2D eigenvalue weighted by Gasteiger charge is 2.05. The lowest BCUT2D eigenvalue weighted by Crippen LogP contribution is -2.09. The molecule has 0 fully saturated rings. The zero-order chi connectivity index (χ0) is 10.7. The zero-order valence-electron chi connectivity index (χ0n) is 8.31. The molecule has 3 N–H and O–H groups in total. The second-order valence-corrected chi connectivity index (χ2v) is 3.08. The van der Waals surface area contributed by atoms with E-state index in [1.165, 1.54) is 0 Å². The van der Waals surface area contributed by atoms with Gasteiger partial charge >= 0.3 is 0 Å². The molecule has 2 heterocycles. The Bertz CT molecular complexity index is 469. The molecule has 0 amide bonds. The van der Waals surface area contributed by atoms with E-state index >= 15 is 0 Å². The highest BCUT2D eigenvalue weighted by molar-refractivity contribution is 5.55. The van der Waals surface area contributed by atoms with Crippen LogP contribution in [0.2, 0.25) is 0 Å². The van der Waals surface area contributed by atoms with Gasteiger partial charge in [0.15, 0.2) is 5.82 Å². The van der Waals surface area contributed by atoms with Crippen molar-refractivity contribution in [3.05, 3.63) is 36.2 Å². The maximum atomic E-state index is 5.27. The molecule has 76 valence electrons. The van der Waals surface area contributed by atoms with E-state index in [9.17, 15) is 0 Å². The first-order chi connectivity index (χ1) is 7.31. The Hall–Kier alpha value is -2.01. The minimum Gasteiger partial charge on any atom is -0.308 e. The van der Waals surface area contributed by atoms with Gasteiger partial charge in [0.05, 0.1) is 0 Å². The third-order valence-electron chi connectivity index (χ3n) is 2.02. The Kier molecular flexibility index (Phi) is 2.55. The van der Waals surface area contributed by atoms with Crippen LogP contribution >= 0.6 is 0 Å². The second kappa shape index (κ2) is 4.02. The van der Waals surface area contributed by atoms with E-state index in [0.29, 0.717) is 11.6 Å². The first-order valence-electron chi connectivity index (χ1n) is 4.53. The molecule has 0 aromatic carbocycles. The fourth-order valence-corrected chi connectivity index (χ4v) is 1.27. The number of nitrogens with one attached hydrogen (secondary N) is 1. The summed E-state index contributed by atoms with van der Waals surface area (Å²) in [4.78, 5) is 12.6. The average molecular weight is 201 g/mol. The first kappa shape index (κ1) is 9.54. The molecule has 0 aliphatic carbocycles. The minimum atomic E-state index is 0.573. The van der Waals surface area contributed by atoms with Crippen molar-refractivity contribution in [3.8, 4) is 11.5 Å². The van der Waals surface area contributed by atoms with Crippen molar-refractivity contribution < 1.29 is 0 Å². The van der Waals surface area contributed by atoms with Gasteiger partial charge in [0.2, 0.25) is 0 Å². The standard InChI is InChI=1S/C10H11N5/c1-7-3-2-5-12-9(7)10-13-6-4-8(14-10)15-11/h2-6H,11H2,1H3,(H,13,14,15). The third-order valence-corrected chi connectivity index (χ3v) is 2.02. The fraction of sp³-hybridized carbons (Fsp3) is 0.100. The molecule has 0 aliphatic heterocycles. The largest absolute Gasteiger partial charge is 0.308 e. The lowest BCUT2D eigenvalue weighted by Gasteiger charge is -2.04. The normalized spacial score (nSPS) is 10.0. The molecule has 2 rings (SSSR count). The third kappa shape index (κ3) is 1.92. The van der Waals surface area contributed by atoms with Crippen LogP contribution in [0, 0.1) is 6.92 Å². The number of nitrogens with zero attached hydrogens (tertiary/aromatic N) is 3. The SMILES string of the molecule is Cc1cccnc1-c1nccc(NN)n1. The van der Waals surface area contributed by atoms with Crippen LogP contribution in [0.4, 0.5) is 5.82 Å². The number of hydrogen-bond donors (Lipinski definition) is 2. The molecule has 15 heavy (non-hydrogen) atoms. The number of nitrogen functional groups attached to an aromatic ring is 1. The van der Waals surface area contributed by atoms with E-state index < -0.39 is 0 Å². The first-order valence-corrected chi connectivity index (χ1v) is 4.53. The molecular formula is C10H11N5. The predicted molar refractivity (Wildman–Crippen MR) is 57.8 cm³/mol. The molecule has 2 aromatic heterocycles. The number of hydrogen-bond acceptors (Lipinski definition) is 5. The number of rotatable bonds is 2. The Morgan fingerprint density at radius 3 is 2.80 bits per heavy atom. The van der Waals surface area contributed by atoms with Crippen molar-refractivity contribution in [3.63, 3.8) is 0 Å². The summed E-state index contributed by atoms with van der Waals surface area (Å²) in [6.45, 7) is 1.97. The number of hydrazine groups is 1. The van der Waals surface area contributed by atoms with Crippen molar-refractivity contribution in [2.45, 2.75) is 6.92 Å². The van der Waals surface area contributed by atoms with Gasteiger partial charge in [0.25, 0.3) is 0 Å². The van der Waals surface area contributed by atoms with E-state index in [0.717, 1.165) is 11.3 Å². The summed E-state index contributed by atoms with van der Waals surface area (Å²) in [5.41, 5.74) is 4.28. The summed E-state index contributed by atoms with van der Waals surface area (Å²) in [6.07, 6.45) is 3.36. The Morgan fingerprint density at radius 1 is 1.20 bits per heavy atom. The summed E-state index contributed by atoms with van der Waals surface area (Å²) in [6, 6.07) is 5.54. The summed E-state index contributed by atoms with van der Waals surface area (Å²) in [7, 11) is 0. The lowest BCUT2D eigenvalue weighted by molar-refractivity contribution is 1.11. The molecule has 0 unspecified atom stereocenters. The summed E-state index contributed by atoms with van der Waals surface area (Å²) in [5, 5.41) is 0. The maximum absolute atomic E-state index is 5.27. The van der Waals surface area contributed by atoms with Crippen molar-refractivity contribution in [1.82, 2.24) is 15.0 Å². The van der Waals surface area contributed by atoms with Crippen LogP contribution in [0.5, 0.6) is 0 Å². The van der Waals surface area contributed by atoms with Gasteiger partial charge in [-0.2, -0.15) is 0 Å². The molecule has 5 heteroatoms. The molecule has 0 spiro atoms. The molecule has 0 bridgehead atoms. The predicted octanol–water partition coefficient (Wildman–Crippen LogP) is 1.13. The van der Waals surface area contributed by atoms with Crippen molar-refractivity contribution >= 4 is 5.82 Å². The molecule has 0 saturated heterocycles. The number of aryl methyl sites for hydroxylation is 1. The molecule has 0 atom stereocenters. The van der Waals surface area contributed by atoms with Gasteiger partial charge in [-0.25, -0.2) is 15.8 Å². The average Bonchev–Trinajstić information content (AvgIpc) is 2.30. The lowest BCUT2D eigenvalue weighted by atomic mass is 10.2. The van der Waals surface area contributed by atoms with Crippen molar-refractivity contribution in [1.29, 1.82) is 0 Å². The number of nitrogens with two attached hydrogens (primary N) is 1. The smallest absolute Gasteiger partial charge is 0.180 e. The van der Waals surface area contributed by atoms with Crippen LogP contribution in [0.15, 0.2) is 30.6 Å². The Labute approximate surface area is 87.4 Å².